The minimum Gasteiger partial charge on any atom is -0.494 e. The predicted molar refractivity (Wildman–Crippen MR) is 82.2 cm³/mol. The van der Waals surface area contributed by atoms with E-state index in [1.807, 2.05) is 12.1 Å². The van der Waals surface area contributed by atoms with Gasteiger partial charge in [-0.2, -0.15) is 0 Å². The fourth-order valence-electron chi connectivity index (χ4n) is 2.43. The Balaban J connectivity index is 1.97. The van der Waals surface area contributed by atoms with E-state index in [-0.39, 0.29) is 11.6 Å². The molecule has 2 unspecified atom stereocenters. The van der Waals surface area contributed by atoms with Crippen molar-refractivity contribution in [2.45, 2.75) is 51.7 Å². The summed E-state index contributed by atoms with van der Waals surface area (Å²) in [5.74, 6) is 0.940. The lowest BCUT2D eigenvalue weighted by molar-refractivity contribution is 0.0653. The van der Waals surface area contributed by atoms with Crippen LogP contribution in [-0.4, -0.2) is 25.3 Å². The molecular formula is C17H27NO2. The summed E-state index contributed by atoms with van der Waals surface area (Å²) in [5, 5.41) is 3.65. The standard InChI is InChI=1S/C17H27NO2/c1-4-11-19-15-8-6-14(7-9-15)16-13-18-17(3,5-2)10-12-20-16/h6-9,16,18H,4-5,10-13H2,1-3H3. The maximum Gasteiger partial charge on any atom is 0.119 e. The van der Waals surface area contributed by atoms with Crippen LogP contribution in [-0.2, 0) is 4.74 Å². The van der Waals surface area contributed by atoms with Crippen molar-refractivity contribution in [3.63, 3.8) is 0 Å². The fraction of sp³-hybridized carbons (Fsp3) is 0.647. The van der Waals surface area contributed by atoms with Gasteiger partial charge in [-0.25, -0.2) is 0 Å². The summed E-state index contributed by atoms with van der Waals surface area (Å²) >= 11 is 0. The molecule has 3 heteroatoms. The first kappa shape index (κ1) is 15.3. The van der Waals surface area contributed by atoms with E-state index in [1.54, 1.807) is 0 Å². The molecule has 0 radical (unpaired) electrons. The monoisotopic (exact) mass is 277 g/mol. The quantitative estimate of drug-likeness (QED) is 0.890. The maximum absolute atomic E-state index is 6.00. The number of rotatable bonds is 5. The van der Waals surface area contributed by atoms with Crippen LogP contribution in [0.1, 0.15) is 51.7 Å². The van der Waals surface area contributed by atoms with E-state index in [9.17, 15) is 0 Å². The summed E-state index contributed by atoms with van der Waals surface area (Å²) in [7, 11) is 0. The van der Waals surface area contributed by atoms with Gasteiger partial charge in [0.15, 0.2) is 0 Å². The topological polar surface area (TPSA) is 30.5 Å². The minimum absolute atomic E-state index is 0.142. The zero-order chi connectivity index (χ0) is 14.4. The van der Waals surface area contributed by atoms with Crippen LogP contribution < -0.4 is 10.1 Å². The number of hydrogen-bond acceptors (Lipinski definition) is 3. The third kappa shape index (κ3) is 3.97. The van der Waals surface area contributed by atoms with E-state index in [4.69, 9.17) is 9.47 Å². The Bertz CT molecular complexity index is 404. The highest BCUT2D eigenvalue weighted by atomic mass is 16.5. The molecule has 1 fully saturated rings. The number of ether oxygens (including phenoxy) is 2. The second-order valence-corrected chi connectivity index (χ2v) is 5.82. The van der Waals surface area contributed by atoms with Crippen LogP contribution >= 0.6 is 0 Å². The Morgan fingerprint density at radius 3 is 2.70 bits per heavy atom. The zero-order valence-corrected chi connectivity index (χ0v) is 12.9. The van der Waals surface area contributed by atoms with Crippen molar-refractivity contribution >= 4 is 0 Å². The van der Waals surface area contributed by atoms with Gasteiger partial charge >= 0.3 is 0 Å². The van der Waals surface area contributed by atoms with Crippen molar-refractivity contribution in [2.24, 2.45) is 0 Å². The SMILES string of the molecule is CCCOc1ccc(C2CNC(C)(CC)CCO2)cc1. The molecule has 0 aromatic heterocycles. The Hall–Kier alpha value is -1.06. The smallest absolute Gasteiger partial charge is 0.119 e. The largest absolute Gasteiger partial charge is 0.494 e. The predicted octanol–water partition coefficient (Wildman–Crippen LogP) is 3.70. The second-order valence-electron chi connectivity index (χ2n) is 5.82. The van der Waals surface area contributed by atoms with Crippen LogP contribution in [0.25, 0.3) is 0 Å². The molecule has 3 nitrogen and oxygen atoms in total. The Labute approximate surface area is 122 Å². The highest BCUT2D eigenvalue weighted by Crippen LogP contribution is 2.26. The lowest BCUT2D eigenvalue weighted by Gasteiger charge is -2.27. The minimum atomic E-state index is 0.142. The van der Waals surface area contributed by atoms with Gasteiger partial charge in [0.05, 0.1) is 12.7 Å². The summed E-state index contributed by atoms with van der Waals surface area (Å²) < 4.78 is 11.6. The van der Waals surface area contributed by atoms with Crippen molar-refractivity contribution in [3.05, 3.63) is 29.8 Å². The average molecular weight is 277 g/mol. The fourth-order valence-corrected chi connectivity index (χ4v) is 2.43. The van der Waals surface area contributed by atoms with Crippen molar-refractivity contribution in [3.8, 4) is 5.75 Å². The summed E-state index contributed by atoms with van der Waals surface area (Å²) in [4.78, 5) is 0. The summed E-state index contributed by atoms with van der Waals surface area (Å²) in [6, 6.07) is 8.31. The van der Waals surface area contributed by atoms with Gasteiger partial charge in [0.25, 0.3) is 0 Å². The molecule has 1 aliphatic heterocycles. The van der Waals surface area contributed by atoms with Gasteiger partial charge in [-0.3, -0.25) is 0 Å². The Kier molecular flexibility index (Phi) is 5.44. The van der Waals surface area contributed by atoms with Crippen LogP contribution in [0.5, 0.6) is 5.75 Å². The molecule has 2 atom stereocenters. The molecule has 1 N–H and O–H groups in total. The first-order valence-electron chi connectivity index (χ1n) is 7.76. The molecule has 0 saturated carbocycles. The third-order valence-corrected chi connectivity index (χ3v) is 4.19. The lowest BCUT2D eigenvalue weighted by Crippen LogP contribution is -2.42. The molecule has 0 amide bonds. The van der Waals surface area contributed by atoms with Crippen molar-refractivity contribution in [1.29, 1.82) is 0 Å². The van der Waals surface area contributed by atoms with Gasteiger partial charge < -0.3 is 14.8 Å². The molecule has 2 rings (SSSR count). The van der Waals surface area contributed by atoms with Crippen molar-refractivity contribution < 1.29 is 9.47 Å². The van der Waals surface area contributed by atoms with Crippen LogP contribution in [0.15, 0.2) is 24.3 Å². The number of nitrogens with one attached hydrogen (secondary N) is 1. The van der Waals surface area contributed by atoms with Crippen molar-refractivity contribution in [2.75, 3.05) is 19.8 Å². The molecule has 1 aromatic rings. The van der Waals surface area contributed by atoms with E-state index in [0.717, 1.165) is 44.8 Å². The molecule has 0 aliphatic carbocycles. The molecular weight excluding hydrogens is 250 g/mol. The van der Waals surface area contributed by atoms with E-state index in [2.05, 4.69) is 38.2 Å². The molecule has 112 valence electrons. The molecule has 1 saturated heterocycles. The van der Waals surface area contributed by atoms with Gasteiger partial charge in [-0.15, -0.1) is 0 Å². The number of benzene rings is 1. The Morgan fingerprint density at radius 2 is 2.05 bits per heavy atom. The number of hydrogen-bond donors (Lipinski definition) is 1. The van der Waals surface area contributed by atoms with E-state index < -0.39 is 0 Å². The normalized spacial score (nSPS) is 27.1. The van der Waals surface area contributed by atoms with Gasteiger partial charge in [-0.05, 0) is 43.9 Å². The van der Waals surface area contributed by atoms with Gasteiger partial charge in [-0.1, -0.05) is 26.0 Å². The molecule has 1 aliphatic rings. The Morgan fingerprint density at radius 1 is 1.30 bits per heavy atom. The molecule has 1 aromatic carbocycles. The van der Waals surface area contributed by atoms with Crippen LogP contribution in [0.3, 0.4) is 0 Å². The first-order chi connectivity index (χ1) is 9.67. The van der Waals surface area contributed by atoms with Gasteiger partial charge in [0.2, 0.25) is 0 Å². The van der Waals surface area contributed by atoms with Gasteiger partial charge in [0, 0.05) is 18.7 Å². The van der Waals surface area contributed by atoms with Crippen molar-refractivity contribution in [1.82, 2.24) is 5.32 Å². The van der Waals surface area contributed by atoms with Crippen LogP contribution in [0, 0.1) is 0 Å². The van der Waals surface area contributed by atoms with E-state index in [1.165, 1.54) is 5.56 Å². The lowest BCUT2D eigenvalue weighted by atomic mass is 9.95. The summed E-state index contributed by atoms with van der Waals surface area (Å²) in [5.41, 5.74) is 1.43. The molecule has 0 spiro atoms. The van der Waals surface area contributed by atoms with E-state index in [0.29, 0.717) is 0 Å². The molecule has 0 bridgehead atoms. The van der Waals surface area contributed by atoms with E-state index >= 15 is 0 Å². The van der Waals surface area contributed by atoms with Gasteiger partial charge in [0.1, 0.15) is 5.75 Å². The third-order valence-electron chi connectivity index (χ3n) is 4.19. The highest BCUT2D eigenvalue weighted by Gasteiger charge is 2.27. The second kappa shape index (κ2) is 7.09. The molecule has 20 heavy (non-hydrogen) atoms. The van der Waals surface area contributed by atoms with Crippen LogP contribution in [0.2, 0.25) is 0 Å². The zero-order valence-electron chi connectivity index (χ0n) is 12.9. The molecule has 1 heterocycles. The summed E-state index contributed by atoms with van der Waals surface area (Å²) in [6.45, 7) is 9.09. The van der Waals surface area contributed by atoms with Crippen LogP contribution in [0.4, 0.5) is 0 Å². The average Bonchev–Trinajstić information content (AvgIpc) is 2.68. The first-order valence-corrected chi connectivity index (χ1v) is 7.76. The summed E-state index contributed by atoms with van der Waals surface area (Å²) in [6.07, 6.45) is 3.38. The highest BCUT2D eigenvalue weighted by molar-refractivity contribution is 5.29. The maximum atomic E-state index is 6.00.